The van der Waals surface area contributed by atoms with Gasteiger partial charge in [0, 0.05) is 12.5 Å². The number of benzene rings is 1. The highest BCUT2D eigenvalue weighted by molar-refractivity contribution is 6.35. The first-order valence-electron chi connectivity index (χ1n) is 7.86. The fraction of sp³-hybridized carbons (Fsp3) is 0.353. The van der Waals surface area contributed by atoms with E-state index in [-0.39, 0.29) is 34.7 Å². The van der Waals surface area contributed by atoms with Gasteiger partial charge in [0.2, 0.25) is 0 Å². The second-order valence-electron chi connectivity index (χ2n) is 5.85. The lowest BCUT2D eigenvalue weighted by Gasteiger charge is -2.15. The van der Waals surface area contributed by atoms with Crippen molar-refractivity contribution in [3.8, 4) is 5.75 Å². The molecule has 8 heteroatoms. The van der Waals surface area contributed by atoms with E-state index in [0.717, 1.165) is 12.8 Å². The molecule has 2 aromatic rings. The molecule has 0 aliphatic heterocycles. The molecule has 1 aromatic carbocycles. The summed E-state index contributed by atoms with van der Waals surface area (Å²) in [5.74, 6) is 0.473. The predicted molar refractivity (Wildman–Crippen MR) is 91.9 cm³/mol. The maximum atomic E-state index is 11.9. The Morgan fingerprint density at radius 2 is 2.20 bits per heavy atom. The average molecular weight is 364 g/mol. The van der Waals surface area contributed by atoms with Crippen LogP contribution in [0.15, 0.2) is 24.3 Å². The number of aliphatic hydroxyl groups excluding tert-OH is 1. The first-order chi connectivity index (χ1) is 12.0. The van der Waals surface area contributed by atoms with Crippen molar-refractivity contribution in [1.29, 1.82) is 0 Å². The lowest BCUT2D eigenvalue weighted by atomic mass is 10.1. The molecule has 0 saturated heterocycles. The molecule has 1 aromatic heterocycles. The first kappa shape index (κ1) is 17.4. The van der Waals surface area contributed by atoms with E-state index >= 15 is 0 Å². The van der Waals surface area contributed by atoms with Gasteiger partial charge in [-0.3, -0.25) is 0 Å². The summed E-state index contributed by atoms with van der Waals surface area (Å²) in [5.41, 5.74) is 0.559. The van der Waals surface area contributed by atoms with E-state index in [1.54, 1.807) is 12.1 Å². The predicted octanol–water partition coefficient (Wildman–Crippen LogP) is 2.65. The Hall–Kier alpha value is -2.38. The summed E-state index contributed by atoms with van der Waals surface area (Å²) in [7, 11) is 1.26. The van der Waals surface area contributed by atoms with Gasteiger partial charge in [-0.25, -0.2) is 14.8 Å². The normalized spacial score (nSPS) is 14.8. The van der Waals surface area contributed by atoms with Crippen LogP contribution in [0, 0.1) is 0 Å². The van der Waals surface area contributed by atoms with Crippen LogP contribution in [0.5, 0.6) is 5.75 Å². The van der Waals surface area contributed by atoms with Gasteiger partial charge in [-0.2, -0.15) is 0 Å². The standard InChI is InChI=1S/C17H18ClN3O4/c1-25-17(24)14-13(18)16(21-15(20-14)9-5-6-9)19-8-12(23)10-3-2-4-11(22)7-10/h2-4,7,9,12,22-23H,5-6,8H2,1H3,(H,19,20,21). The number of aromatic nitrogens is 2. The number of carbonyl (C=O) groups excluding carboxylic acids is 1. The van der Waals surface area contributed by atoms with Gasteiger partial charge in [0.1, 0.15) is 22.4 Å². The molecule has 25 heavy (non-hydrogen) atoms. The number of hydrogen-bond acceptors (Lipinski definition) is 7. The molecule has 7 nitrogen and oxygen atoms in total. The molecule has 3 N–H and O–H groups in total. The number of methoxy groups -OCH3 is 1. The number of esters is 1. The van der Waals surface area contributed by atoms with Crippen LogP contribution in [-0.4, -0.2) is 39.8 Å². The lowest BCUT2D eigenvalue weighted by molar-refractivity contribution is 0.0593. The molecule has 1 atom stereocenters. The van der Waals surface area contributed by atoms with Gasteiger partial charge < -0.3 is 20.3 Å². The number of nitrogens with one attached hydrogen (secondary N) is 1. The lowest BCUT2D eigenvalue weighted by Crippen LogP contribution is -2.16. The molecule has 1 heterocycles. The zero-order valence-electron chi connectivity index (χ0n) is 13.6. The van der Waals surface area contributed by atoms with Crippen molar-refractivity contribution in [3.63, 3.8) is 0 Å². The summed E-state index contributed by atoms with van der Waals surface area (Å²) < 4.78 is 4.72. The van der Waals surface area contributed by atoms with Crippen LogP contribution in [0.1, 0.15) is 46.7 Å². The number of ether oxygens (including phenoxy) is 1. The van der Waals surface area contributed by atoms with Crippen molar-refractivity contribution < 1.29 is 19.7 Å². The van der Waals surface area contributed by atoms with Crippen molar-refractivity contribution >= 4 is 23.4 Å². The third-order valence-corrected chi connectivity index (χ3v) is 4.27. The number of phenolic OH excluding ortho intramolecular Hbond substituents is 1. The smallest absolute Gasteiger partial charge is 0.358 e. The number of aromatic hydroxyl groups is 1. The summed E-state index contributed by atoms with van der Waals surface area (Å²) in [6.07, 6.45) is 1.05. The SMILES string of the molecule is COC(=O)c1nc(C2CC2)nc(NCC(O)c2cccc(O)c2)c1Cl. The van der Waals surface area contributed by atoms with Gasteiger partial charge in [0.05, 0.1) is 13.2 Å². The van der Waals surface area contributed by atoms with Crippen molar-refractivity contribution in [3.05, 3.63) is 46.4 Å². The number of phenols is 1. The van der Waals surface area contributed by atoms with Crippen molar-refractivity contribution in [2.75, 3.05) is 19.0 Å². The molecule has 0 radical (unpaired) electrons. The Kier molecular flexibility index (Phi) is 5.06. The number of hydrogen-bond donors (Lipinski definition) is 3. The minimum Gasteiger partial charge on any atom is -0.508 e. The Morgan fingerprint density at radius 1 is 1.44 bits per heavy atom. The molecule has 1 saturated carbocycles. The van der Waals surface area contributed by atoms with Crippen LogP contribution < -0.4 is 5.32 Å². The summed E-state index contributed by atoms with van der Waals surface area (Å²) >= 11 is 6.22. The van der Waals surface area contributed by atoms with E-state index in [9.17, 15) is 15.0 Å². The monoisotopic (exact) mass is 363 g/mol. The topological polar surface area (TPSA) is 105 Å². The average Bonchev–Trinajstić information content (AvgIpc) is 3.45. The number of halogens is 1. The Bertz CT molecular complexity index is 795. The third-order valence-electron chi connectivity index (χ3n) is 3.91. The van der Waals surface area contributed by atoms with Crippen LogP contribution in [0.2, 0.25) is 5.02 Å². The number of nitrogens with zero attached hydrogens (tertiary/aromatic N) is 2. The first-order valence-corrected chi connectivity index (χ1v) is 8.24. The summed E-state index contributed by atoms with van der Waals surface area (Å²) in [6, 6.07) is 6.34. The minimum atomic E-state index is -0.885. The van der Waals surface area contributed by atoms with E-state index in [1.807, 2.05) is 0 Å². The molecule has 1 unspecified atom stereocenters. The molecular formula is C17H18ClN3O4. The fourth-order valence-electron chi connectivity index (χ4n) is 2.38. The third kappa shape index (κ3) is 4.00. The highest BCUT2D eigenvalue weighted by atomic mass is 35.5. The van der Waals surface area contributed by atoms with Gasteiger partial charge in [0.15, 0.2) is 5.69 Å². The second kappa shape index (κ2) is 7.25. The van der Waals surface area contributed by atoms with Crippen molar-refractivity contribution in [1.82, 2.24) is 9.97 Å². The summed E-state index contributed by atoms with van der Waals surface area (Å²) in [4.78, 5) is 20.5. The summed E-state index contributed by atoms with van der Waals surface area (Å²) in [5, 5.41) is 22.8. The number of rotatable bonds is 6. The molecule has 0 spiro atoms. The van der Waals surface area contributed by atoms with E-state index < -0.39 is 12.1 Å². The Balaban J connectivity index is 1.81. The quantitative estimate of drug-likeness (QED) is 0.677. The van der Waals surface area contributed by atoms with Crippen LogP contribution in [0.4, 0.5) is 5.82 Å². The molecule has 1 aliphatic carbocycles. The van der Waals surface area contributed by atoms with Crippen LogP contribution >= 0.6 is 11.6 Å². The summed E-state index contributed by atoms with van der Waals surface area (Å²) in [6.45, 7) is 0.102. The van der Waals surface area contributed by atoms with Gasteiger partial charge in [-0.05, 0) is 30.5 Å². The van der Waals surface area contributed by atoms with Crippen molar-refractivity contribution in [2.24, 2.45) is 0 Å². The maximum Gasteiger partial charge on any atom is 0.358 e. The maximum absolute atomic E-state index is 11.9. The van der Waals surface area contributed by atoms with Crippen LogP contribution in [0.3, 0.4) is 0 Å². The van der Waals surface area contributed by atoms with Crippen molar-refractivity contribution in [2.45, 2.75) is 24.9 Å². The fourth-order valence-corrected chi connectivity index (χ4v) is 2.61. The van der Waals surface area contributed by atoms with E-state index in [2.05, 4.69) is 15.3 Å². The van der Waals surface area contributed by atoms with Gasteiger partial charge >= 0.3 is 5.97 Å². The number of carbonyl (C=O) groups is 1. The minimum absolute atomic E-state index is 0.00964. The Labute approximate surface area is 149 Å². The molecule has 0 amide bonds. The highest BCUT2D eigenvalue weighted by Gasteiger charge is 2.30. The molecule has 132 valence electrons. The van der Waals surface area contributed by atoms with Crippen LogP contribution in [0.25, 0.3) is 0 Å². The van der Waals surface area contributed by atoms with Gasteiger partial charge in [0.25, 0.3) is 0 Å². The van der Waals surface area contributed by atoms with Gasteiger partial charge in [-0.1, -0.05) is 23.7 Å². The number of aliphatic hydroxyl groups is 1. The van der Waals surface area contributed by atoms with Crippen LogP contribution in [-0.2, 0) is 4.74 Å². The van der Waals surface area contributed by atoms with E-state index in [0.29, 0.717) is 11.4 Å². The second-order valence-corrected chi connectivity index (χ2v) is 6.23. The van der Waals surface area contributed by atoms with E-state index in [1.165, 1.54) is 19.2 Å². The molecule has 3 rings (SSSR count). The van der Waals surface area contributed by atoms with Gasteiger partial charge in [-0.15, -0.1) is 0 Å². The molecule has 0 bridgehead atoms. The van der Waals surface area contributed by atoms with E-state index in [4.69, 9.17) is 16.3 Å². The molecule has 1 aliphatic rings. The Morgan fingerprint density at radius 3 is 2.84 bits per heavy atom. The zero-order valence-corrected chi connectivity index (χ0v) is 14.3. The molecular weight excluding hydrogens is 346 g/mol. The highest BCUT2D eigenvalue weighted by Crippen LogP contribution is 2.39. The molecule has 1 fully saturated rings. The number of anilines is 1. The zero-order chi connectivity index (χ0) is 18.0. The largest absolute Gasteiger partial charge is 0.508 e.